The average molecular weight is 405 g/mol. The minimum Gasteiger partial charge on any atom is -0.496 e. The number of carbonyl (C=O) groups excluding carboxylic acids is 1. The first-order valence-electron chi connectivity index (χ1n) is 7.94. The summed E-state index contributed by atoms with van der Waals surface area (Å²) in [4.78, 5) is 11.8. The number of nitrogens with one attached hydrogen (secondary N) is 1. The maximum absolute atomic E-state index is 11.8. The lowest BCUT2D eigenvalue weighted by atomic mass is 10.2. The van der Waals surface area contributed by atoms with E-state index >= 15 is 0 Å². The number of amides is 1. The third-order valence-corrected chi connectivity index (χ3v) is 4.04. The van der Waals surface area contributed by atoms with E-state index in [4.69, 9.17) is 9.47 Å². The fourth-order valence-electron chi connectivity index (χ4n) is 2.14. The van der Waals surface area contributed by atoms with Gasteiger partial charge in [-0.2, -0.15) is 5.10 Å². The van der Waals surface area contributed by atoms with Crippen molar-refractivity contribution in [2.75, 3.05) is 13.7 Å². The molecule has 0 spiro atoms. The summed E-state index contributed by atoms with van der Waals surface area (Å²) in [6, 6.07) is 13.4. The monoisotopic (exact) mass is 404 g/mol. The molecule has 0 fully saturated rings. The molecule has 0 aliphatic rings. The second kappa shape index (κ2) is 9.84. The van der Waals surface area contributed by atoms with Crippen molar-refractivity contribution in [3.63, 3.8) is 0 Å². The maximum atomic E-state index is 11.8. The summed E-state index contributed by atoms with van der Waals surface area (Å²) in [5.74, 6) is 1.33. The highest BCUT2D eigenvalue weighted by Crippen LogP contribution is 2.25. The topological polar surface area (TPSA) is 59.9 Å². The van der Waals surface area contributed by atoms with Gasteiger partial charge in [-0.3, -0.25) is 4.79 Å². The Balaban J connectivity index is 1.71. The van der Waals surface area contributed by atoms with Crippen LogP contribution in [0.4, 0.5) is 0 Å². The first kappa shape index (κ1) is 19.0. The van der Waals surface area contributed by atoms with Gasteiger partial charge in [0.25, 0.3) is 0 Å². The van der Waals surface area contributed by atoms with Gasteiger partial charge in [0.05, 0.1) is 24.4 Å². The van der Waals surface area contributed by atoms with Crippen molar-refractivity contribution in [3.05, 3.63) is 58.1 Å². The van der Waals surface area contributed by atoms with Crippen molar-refractivity contribution >= 4 is 28.1 Å². The van der Waals surface area contributed by atoms with Crippen LogP contribution in [0.25, 0.3) is 0 Å². The van der Waals surface area contributed by atoms with Crippen LogP contribution in [0.15, 0.2) is 52.0 Å². The molecule has 0 aliphatic heterocycles. The molecule has 0 unspecified atom stereocenters. The third kappa shape index (κ3) is 6.23. The van der Waals surface area contributed by atoms with Crippen LogP contribution in [0.3, 0.4) is 0 Å². The zero-order valence-corrected chi connectivity index (χ0v) is 15.9. The van der Waals surface area contributed by atoms with Crippen LogP contribution < -0.4 is 14.9 Å². The van der Waals surface area contributed by atoms with Gasteiger partial charge in [-0.1, -0.05) is 18.2 Å². The van der Waals surface area contributed by atoms with Crippen molar-refractivity contribution in [3.8, 4) is 11.5 Å². The molecule has 2 aromatic carbocycles. The molecule has 0 aromatic heterocycles. The molecule has 1 amide bonds. The molecular formula is C19H21BrN2O3. The number of carbonyl (C=O) groups is 1. The highest BCUT2D eigenvalue weighted by Gasteiger charge is 2.03. The van der Waals surface area contributed by atoms with E-state index in [0.29, 0.717) is 25.2 Å². The van der Waals surface area contributed by atoms with Crippen molar-refractivity contribution < 1.29 is 14.3 Å². The highest BCUT2D eigenvalue weighted by molar-refractivity contribution is 9.10. The summed E-state index contributed by atoms with van der Waals surface area (Å²) in [6.07, 6.45) is 2.51. The van der Waals surface area contributed by atoms with Crippen LogP contribution in [0.5, 0.6) is 11.5 Å². The zero-order valence-electron chi connectivity index (χ0n) is 14.3. The Labute approximate surface area is 156 Å². The van der Waals surface area contributed by atoms with Crippen molar-refractivity contribution in [2.24, 2.45) is 5.10 Å². The van der Waals surface area contributed by atoms with E-state index in [9.17, 15) is 4.79 Å². The summed E-state index contributed by atoms with van der Waals surface area (Å²) in [6.45, 7) is 2.48. The molecule has 132 valence electrons. The number of rotatable bonds is 8. The Kier molecular flexibility index (Phi) is 7.47. The lowest BCUT2D eigenvalue weighted by molar-refractivity contribution is -0.121. The summed E-state index contributed by atoms with van der Waals surface area (Å²) in [7, 11) is 1.59. The van der Waals surface area contributed by atoms with Gasteiger partial charge in [-0.15, -0.1) is 0 Å². The average Bonchev–Trinajstić information content (AvgIpc) is 2.60. The molecule has 0 heterocycles. The minimum atomic E-state index is -0.155. The molecule has 5 nitrogen and oxygen atoms in total. The molecule has 0 saturated heterocycles. The Morgan fingerprint density at radius 2 is 2.04 bits per heavy atom. The van der Waals surface area contributed by atoms with Crippen LogP contribution in [0, 0.1) is 6.92 Å². The van der Waals surface area contributed by atoms with Crippen LogP contribution in [0.2, 0.25) is 0 Å². The maximum Gasteiger partial charge on any atom is 0.240 e. The molecule has 2 aromatic rings. The first-order valence-corrected chi connectivity index (χ1v) is 8.73. The number of hydrazone groups is 1. The smallest absolute Gasteiger partial charge is 0.240 e. The van der Waals surface area contributed by atoms with E-state index in [0.717, 1.165) is 21.3 Å². The molecule has 0 radical (unpaired) electrons. The first-order chi connectivity index (χ1) is 12.1. The number of aryl methyl sites for hydroxylation is 1. The van der Waals surface area contributed by atoms with E-state index in [2.05, 4.69) is 26.5 Å². The number of ether oxygens (including phenoxy) is 2. The van der Waals surface area contributed by atoms with Crippen molar-refractivity contribution in [2.45, 2.75) is 19.8 Å². The van der Waals surface area contributed by atoms with Crippen molar-refractivity contribution in [1.29, 1.82) is 0 Å². The van der Waals surface area contributed by atoms with Gasteiger partial charge < -0.3 is 9.47 Å². The minimum absolute atomic E-state index is 0.155. The van der Waals surface area contributed by atoms with Gasteiger partial charge in [-0.25, -0.2) is 5.43 Å². The van der Waals surface area contributed by atoms with E-state index in [1.165, 1.54) is 0 Å². The van der Waals surface area contributed by atoms with Crippen LogP contribution in [0.1, 0.15) is 24.0 Å². The number of halogens is 1. The Morgan fingerprint density at radius 3 is 2.80 bits per heavy atom. The quantitative estimate of drug-likeness (QED) is 0.409. The zero-order chi connectivity index (χ0) is 18.1. The second-order valence-corrected chi connectivity index (χ2v) is 6.28. The van der Waals surface area contributed by atoms with E-state index in [-0.39, 0.29) is 5.91 Å². The van der Waals surface area contributed by atoms with Gasteiger partial charge in [0.1, 0.15) is 11.5 Å². The molecule has 0 atom stereocenters. The largest absolute Gasteiger partial charge is 0.496 e. The summed E-state index contributed by atoms with van der Waals surface area (Å²) in [5, 5.41) is 3.96. The Hall–Kier alpha value is -2.34. The van der Waals surface area contributed by atoms with Gasteiger partial charge in [0.2, 0.25) is 5.91 Å². The van der Waals surface area contributed by atoms with Gasteiger partial charge in [-0.05, 0) is 59.1 Å². The van der Waals surface area contributed by atoms with Crippen LogP contribution in [-0.4, -0.2) is 25.8 Å². The summed E-state index contributed by atoms with van der Waals surface area (Å²) < 4.78 is 11.8. The molecular weight excluding hydrogens is 384 g/mol. The van der Waals surface area contributed by atoms with Crippen LogP contribution in [-0.2, 0) is 4.79 Å². The number of hydrogen-bond acceptors (Lipinski definition) is 4. The lowest BCUT2D eigenvalue weighted by Gasteiger charge is -2.08. The van der Waals surface area contributed by atoms with Gasteiger partial charge >= 0.3 is 0 Å². The molecule has 0 aliphatic carbocycles. The fourth-order valence-corrected chi connectivity index (χ4v) is 2.75. The van der Waals surface area contributed by atoms with Gasteiger partial charge in [0, 0.05) is 12.0 Å². The number of nitrogens with zero attached hydrogens (tertiary/aromatic N) is 1. The molecule has 2 rings (SSSR count). The van der Waals surface area contributed by atoms with Crippen LogP contribution >= 0.6 is 15.9 Å². The predicted octanol–water partition coefficient (Wildman–Crippen LogP) is 4.08. The van der Waals surface area contributed by atoms with E-state index < -0.39 is 0 Å². The fraction of sp³-hybridized carbons (Fsp3) is 0.263. The molecule has 25 heavy (non-hydrogen) atoms. The number of benzene rings is 2. The third-order valence-electron chi connectivity index (χ3n) is 3.42. The Morgan fingerprint density at radius 1 is 1.24 bits per heavy atom. The summed E-state index contributed by atoms with van der Waals surface area (Å²) in [5.41, 5.74) is 4.47. The highest BCUT2D eigenvalue weighted by atomic mass is 79.9. The second-order valence-electron chi connectivity index (χ2n) is 5.42. The summed E-state index contributed by atoms with van der Waals surface area (Å²) >= 11 is 3.46. The normalized spacial score (nSPS) is 10.7. The molecule has 0 saturated carbocycles. The predicted molar refractivity (Wildman–Crippen MR) is 102 cm³/mol. The SMILES string of the molecule is COc1ccccc1/C=N/NC(=O)CCCOc1ccc(C)cc1Br. The van der Waals surface area contributed by atoms with Crippen molar-refractivity contribution in [1.82, 2.24) is 5.43 Å². The Bertz CT molecular complexity index is 747. The van der Waals surface area contributed by atoms with Gasteiger partial charge in [0.15, 0.2) is 0 Å². The molecule has 1 N–H and O–H groups in total. The van der Waals surface area contributed by atoms with E-state index in [1.54, 1.807) is 13.3 Å². The lowest BCUT2D eigenvalue weighted by Crippen LogP contribution is -2.18. The standard InChI is InChI=1S/C19H21BrN2O3/c1-14-9-10-18(16(20)12-14)25-11-5-8-19(23)22-21-13-15-6-3-4-7-17(15)24-2/h3-4,6-7,9-10,12-13H,5,8,11H2,1-2H3,(H,22,23)/b21-13+. The molecule has 6 heteroatoms. The molecule has 0 bridgehead atoms. The number of methoxy groups -OCH3 is 1. The number of para-hydroxylation sites is 1. The van der Waals surface area contributed by atoms with E-state index in [1.807, 2.05) is 49.4 Å². The number of hydrogen-bond donors (Lipinski definition) is 1.